The molecule has 0 aromatic carbocycles. The van der Waals surface area contributed by atoms with Gasteiger partial charge in [-0.25, -0.2) is 4.79 Å². The van der Waals surface area contributed by atoms with Crippen LogP contribution in [0.1, 0.15) is 6.42 Å². The van der Waals surface area contributed by atoms with Gasteiger partial charge in [-0.1, -0.05) is 0 Å². The third-order valence-electron chi connectivity index (χ3n) is 3.18. The molecule has 2 rings (SSSR count). The van der Waals surface area contributed by atoms with Crippen molar-refractivity contribution in [3.63, 3.8) is 0 Å². The summed E-state index contributed by atoms with van der Waals surface area (Å²) in [6, 6.07) is -1.12. The van der Waals surface area contributed by atoms with Crippen molar-refractivity contribution in [1.82, 2.24) is 5.32 Å². The van der Waals surface area contributed by atoms with Crippen LogP contribution in [0, 0.1) is 5.92 Å². The van der Waals surface area contributed by atoms with E-state index in [2.05, 4.69) is 5.32 Å². The molecule has 0 aromatic heterocycles. The normalized spacial score (nSPS) is 45.9. The number of aliphatic carboxylic acids is 1. The van der Waals surface area contributed by atoms with Crippen LogP contribution in [-0.4, -0.2) is 62.9 Å². The Kier molecular flexibility index (Phi) is 2.82. The summed E-state index contributed by atoms with van der Waals surface area (Å²) in [6.07, 6.45) is -3.13. The molecule has 96 valence electrons. The Morgan fingerprint density at radius 3 is 2.53 bits per heavy atom. The van der Waals surface area contributed by atoms with Crippen LogP contribution in [0.15, 0.2) is 0 Å². The number of carboxylic acid groups (broad SMARTS) is 1. The highest BCUT2D eigenvalue weighted by Gasteiger charge is 2.58. The molecule has 5 atom stereocenters. The minimum atomic E-state index is -2.23. The molecule has 0 saturated carbocycles. The first-order valence-corrected chi connectivity index (χ1v) is 5.12. The van der Waals surface area contributed by atoms with E-state index in [0.29, 0.717) is 0 Å². The molecule has 2 heterocycles. The number of carbonyl (C=O) groups excluding carboxylic acids is 1. The Labute approximate surface area is 95.8 Å². The van der Waals surface area contributed by atoms with Crippen LogP contribution >= 0.6 is 0 Å². The second-order valence-electron chi connectivity index (χ2n) is 4.26. The Hall–Kier alpha value is -1.22. The maximum absolute atomic E-state index is 11.5. The number of hydrogen-bond donors (Lipinski definition) is 5. The first kappa shape index (κ1) is 12.2. The van der Waals surface area contributed by atoms with E-state index < -0.39 is 41.8 Å². The van der Waals surface area contributed by atoms with E-state index >= 15 is 0 Å². The van der Waals surface area contributed by atoms with E-state index in [1.165, 1.54) is 0 Å². The van der Waals surface area contributed by atoms with Crippen molar-refractivity contribution in [3.05, 3.63) is 0 Å². The van der Waals surface area contributed by atoms with Gasteiger partial charge >= 0.3 is 5.97 Å². The molecule has 2 aliphatic rings. The summed E-state index contributed by atoms with van der Waals surface area (Å²) in [6.45, 7) is -0.306. The lowest BCUT2D eigenvalue weighted by molar-refractivity contribution is -0.242. The summed E-state index contributed by atoms with van der Waals surface area (Å²) in [5.74, 6) is -5.38. The van der Waals surface area contributed by atoms with Crippen molar-refractivity contribution < 1.29 is 34.8 Å². The minimum Gasteiger partial charge on any atom is -0.480 e. The summed E-state index contributed by atoms with van der Waals surface area (Å²) in [4.78, 5) is 22.2. The van der Waals surface area contributed by atoms with Crippen LogP contribution in [0.4, 0.5) is 0 Å². The SMILES string of the molecule is O=C(O)[C@@H]1C[C@H]([C@@]2(O)OC[C@@H](O)[C@@H]2O)C(=O)N1. The Morgan fingerprint density at radius 1 is 1.47 bits per heavy atom. The predicted octanol–water partition coefficient (Wildman–Crippen LogP) is -2.98. The molecular formula is C9H13NO7. The molecule has 8 nitrogen and oxygen atoms in total. The van der Waals surface area contributed by atoms with Crippen LogP contribution in [0.25, 0.3) is 0 Å². The minimum absolute atomic E-state index is 0.200. The summed E-state index contributed by atoms with van der Waals surface area (Å²) < 4.78 is 4.85. The maximum atomic E-state index is 11.5. The average Bonchev–Trinajstić information content (AvgIpc) is 2.77. The number of aliphatic hydroxyl groups is 3. The third-order valence-corrected chi connectivity index (χ3v) is 3.18. The lowest BCUT2D eigenvalue weighted by atomic mass is 9.90. The molecule has 0 aromatic rings. The van der Waals surface area contributed by atoms with Gasteiger partial charge < -0.3 is 30.5 Å². The van der Waals surface area contributed by atoms with Gasteiger partial charge in [0.15, 0.2) is 0 Å². The Balaban J connectivity index is 2.18. The van der Waals surface area contributed by atoms with Crippen molar-refractivity contribution in [3.8, 4) is 0 Å². The van der Waals surface area contributed by atoms with E-state index in [4.69, 9.17) is 9.84 Å². The van der Waals surface area contributed by atoms with Crippen LogP contribution in [0.2, 0.25) is 0 Å². The highest BCUT2D eigenvalue weighted by atomic mass is 16.7. The van der Waals surface area contributed by atoms with Crippen molar-refractivity contribution in [2.45, 2.75) is 30.5 Å². The number of aliphatic hydroxyl groups excluding tert-OH is 2. The van der Waals surface area contributed by atoms with Crippen molar-refractivity contribution in [1.29, 1.82) is 0 Å². The molecule has 2 fully saturated rings. The fraction of sp³-hybridized carbons (Fsp3) is 0.778. The van der Waals surface area contributed by atoms with Gasteiger partial charge in [0.05, 0.1) is 12.5 Å². The largest absolute Gasteiger partial charge is 0.480 e. The zero-order valence-corrected chi connectivity index (χ0v) is 8.74. The van der Waals surface area contributed by atoms with Gasteiger partial charge in [0.2, 0.25) is 11.7 Å². The van der Waals surface area contributed by atoms with Gasteiger partial charge in [-0.2, -0.15) is 0 Å². The topological polar surface area (TPSA) is 136 Å². The van der Waals surface area contributed by atoms with Gasteiger partial charge in [-0.3, -0.25) is 4.79 Å². The zero-order valence-electron chi connectivity index (χ0n) is 8.74. The number of carbonyl (C=O) groups is 2. The molecular weight excluding hydrogens is 234 g/mol. The third kappa shape index (κ3) is 1.78. The summed E-state index contributed by atoms with van der Waals surface area (Å²) in [7, 11) is 0. The van der Waals surface area contributed by atoms with Crippen LogP contribution in [0.5, 0.6) is 0 Å². The van der Waals surface area contributed by atoms with Crippen molar-refractivity contribution in [2.24, 2.45) is 5.92 Å². The summed E-state index contributed by atoms with van der Waals surface area (Å²) in [5, 5.41) is 39.8. The van der Waals surface area contributed by atoms with Gasteiger partial charge in [-0.15, -0.1) is 0 Å². The highest BCUT2D eigenvalue weighted by Crippen LogP contribution is 2.36. The molecule has 5 N–H and O–H groups in total. The lowest BCUT2D eigenvalue weighted by Gasteiger charge is -2.29. The van der Waals surface area contributed by atoms with E-state index in [1.54, 1.807) is 0 Å². The fourth-order valence-electron chi connectivity index (χ4n) is 2.17. The predicted molar refractivity (Wildman–Crippen MR) is 50.6 cm³/mol. The molecule has 2 saturated heterocycles. The summed E-state index contributed by atoms with van der Waals surface area (Å²) >= 11 is 0. The number of carboxylic acids is 1. The quantitative estimate of drug-likeness (QED) is 0.351. The molecule has 2 aliphatic heterocycles. The van der Waals surface area contributed by atoms with Crippen LogP contribution in [0.3, 0.4) is 0 Å². The Morgan fingerprint density at radius 2 is 2.12 bits per heavy atom. The van der Waals surface area contributed by atoms with Gasteiger partial charge in [0.1, 0.15) is 18.2 Å². The van der Waals surface area contributed by atoms with Crippen molar-refractivity contribution in [2.75, 3.05) is 6.61 Å². The zero-order chi connectivity index (χ0) is 12.8. The molecule has 8 heteroatoms. The second-order valence-corrected chi connectivity index (χ2v) is 4.26. The highest BCUT2D eigenvalue weighted by molar-refractivity contribution is 5.89. The van der Waals surface area contributed by atoms with Crippen molar-refractivity contribution >= 4 is 11.9 Å². The Bertz CT molecular complexity index is 359. The number of nitrogens with one attached hydrogen (secondary N) is 1. The maximum Gasteiger partial charge on any atom is 0.326 e. The number of amides is 1. The number of ether oxygens (including phenoxy) is 1. The standard InChI is InChI=1S/C9H13NO7/c11-5-2-17-9(16,6(5)12)3-1-4(8(14)15)10-7(3)13/h3-6,11-12,16H,1-2H2,(H,10,13)(H,14,15)/t3-,4-,5+,6-,9+/m0/s1. The molecule has 0 unspecified atom stereocenters. The average molecular weight is 247 g/mol. The first-order valence-electron chi connectivity index (χ1n) is 5.12. The number of rotatable bonds is 2. The fourth-order valence-corrected chi connectivity index (χ4v) is 2.17. The molecule has 0 radical (unpaired) electrons. The lowest BCUT2D eigenvalue weighted by Crippen LogP contribution is -2.51. The molecule has 1 amide bonds. The molecule has 0 bridgehead atoms. The summed E-state index contributed by atoms with van der Waals surface area (Å²) in [5.41, 5.74) is 0. The molecule has 0 aliphatic carbocycles. The van der Waals surface area contributed by atoms with Crippen LogP contribution in [-0.2, 0) is 14.3 Å². The number of hydrogen-bond acceptors (Lipinski definition) is 6. The van der Waals surface area contributed by atoms with E-state index in [1.807, 2.05) is 0 Å². The van der Waals surface area contributed by atoms with Gasteiger partial charge in [-0.05, 0) is 6.42 Å². The van der Waals surface area contributed by atoms with E-state index in [9.17, 15) is 24.9 Å². The van der Waals surface area contributed by atoms with E-state index in [-0.39, 0.29) is 13.0 Å². The molecule has 0 spiro atoms. The second kappa shape index (κ2) is 3.91. The first-order chi connectivity index (χ1) is 7.86. The van der Waals surface area contributed by atoms with Gasteiger partial charge in [0, 0.05) is 0 Å². The monoisotopic (exact) mass is 247 g/mol. The van der Waals surface area contributed by atoms with Crippen LogP contribution < -0.4 is 5.32 Å². The smallest absolute Gasteiger partial charge is 0.326 e. The van der Waals surface area contributed by atoms with E-state index in [0.717, 1.165) is 0 Å². The molecule has 17 heavy (non-hydrogen) atoms. The van der Waals surface area contributed by atoms with Gasteiger partial charge in [0.25, 0.3) is 0 Å².